The van der Waals surface area contributed by atoms with E-state index in [0.29, 0.717) is 5.02 Å². The first-order chi connectivity index (χ1) is 7.84. The quantitative estimate of drug-likeness (QED) is 0.645. The molecule has 1 aromatic carbocycles. The minimum absolute atomic E-state index is 0.708. The van der Waals surface area contributed by atoms with Crippen molar-refractivity contribution in [3.63, 3.8) is 0 Å². The molecule has 2 aromatic heterocycles. The zero-order chi connectivity index (χ0) is 11.0. The molecule has 0 N–H and O–H groups in total. The van der Waals surface area contributed by atoms with Gasteiger partial charge in [0.2, 0.25) is 0 Å². The van der Waals surface area contributed by atoms with Crippen LogP contribution in [0.2, 0.25) is 5.02 Å². The van der Waals surface area contributed by atoms with Gasteiger partial charge >= 0.3 is 0 Å². The third kappa shape index (κ3) is 1.44. The molecule has 0 aliphatic heterocycles. The summed E-state index contributed by atoms with van der Waals surface area (Å²) in [5, 5.41) is 8.87. The molecule has 3 rings (SSSR count). The van der Waals surface area contributed by atoms with Crippen molar-refractivity contribution in [2.24, 2.45) is 0 Å². The van der Waals surface area contributed by atoms with Gasteiger partial charge in [0.15, 0.2) is 11.5 Å². The molecule has 0 spiro atoms. The Balaban J connectivity index is 2.22. The average Bonchev–Trinajstić information content (AvgIpc) is 2.74. The van der Waals surface area contributed by atoms with E-state index in [1.165, 1.54) is 0 Å². The van der Waals surface area contributed by atoms with E-state index in [2.05, 4.69) is 15.2 Å². The lowest BCUT2D eigenvalue weighted by Crippen LogP contribution is -1.89. The number of hydrogen-bond acceptors (Lipinski definition) is 3. The highest BCUT2D eigenvalue weighted by molar-refractivity contribution is 6.30. The Labute approximate surface area is 96.5 Å². The molecular weight excluding hydrogens is 224 g/mol. The SMILES string of the molecule is Clc1ccc(-c2nnc3cnccn23)cc1. The first-order valence-corrected chi connectivity index (χ1v) is 5.13. The third-order valence-electron chi connectivity index (χ3n) is 2.32. The van der Waals surface area contributed by atoms with Gasteiger partial charge < -0.3 is 0 Å². The number of rotatable bonds is 1. The van der Waals surface area contributed by atoms with Crippen LogP contribution in [0.25, 0.3) is 17.0 Å². The fraction of sp³-hybridized carbons (Fsp3) is 0. The van der Waals surface area contributed by atoms with Gasteiger partial charge in [0.1, 0.15) is 0 Å². The molecule has 0 amide bonds. The fourth-order valence-corrected chi connectivity index (χ4v) is 1.68. The van der Waals surface area contributed by atoms with Crippen LogP contribution >= 0.6 is 11.6 Å². The van der Waals surface area contributed by atoms with E-state index in [-0.39, 0.29) is 0 Å². The zero-order valence-electron chi connectivity index (χ0n) is 8.21. The van der Waals surface area contributed by atoms with Gasteiger partial charge in [0.05, 0.1) is 6.20 Å². The first-order valence-electron chi connectivity index (χ1n) is 4.75. The lowest BCUT2D eigenvalue weighted by Gasteiger charge is -1.99. The molecule has 0 fully saturated rings. The van der Waals surface area contributed by atoms with E-state index in [4.69, 9.17) is 11.6 Å². The van der Waals surface area contributed by atoms with Gasteiger partial charge in [-0.3, -0.25) is 9.38 Å². The molecule has 3 aromatic rings. The maximum atomic E-state index is 5.84. The van der Waals surface area contributed by atoms with Crippen LogP contribution in [-0.4, -0.2) is 19.6 Å². The lowest BCUT2D eigenvalue weighted by molar-refractivity contribution is 1.11. The van der Waals surface area contributed by atoms with E-state index >= 15 is 0 Å². The summed E-state index contributed by atoms with van der Waals surface area (Å²) in [7, 11) is 0. The number of hydrogen-bond donors (Lipinski definition) is 0. The van der Waals surface area contributed by atoms with Gasteiger partial charge in [-0.2, -0.15) is 0 Å². The number of halogens is 1. The Morgan fingerprint density at radius 2 is 1.88 bits per heavy atom. The standard InChI is InChI=1S/C11H7ClN4/c12-9-3-1-8(2-4-9)11-15-14-10-7-13-5-6-16(10)11/h1-7H. The van der Waals surface area contributed by atoms with Gasteiger partial charge in [0, 0.05) is 23.0 Å². The Bertz CT molecular complexity index is 630. The summed E-state index contributed by atoms with van der Waals surface area (Å²) in [6.45, 7) is 0. The summed E-state index contributed by atoms with van der Waals surface area (Å²) in [6.07, 6.45) is 5.21. The molecule has 0 bridgehead atoms. The minimum atomic E-state index is 0.708. The predicted octanol–water partition coefficient (Wildman–Crippen LogP) is 2.44. The molecule has 5 heteroatoms. The molecule has 0 saturated heterocycles. The molecule has 0 aliphatic carbocycles. The highest BCUT2D eigenvalue weighted by atomic mass is 35.5. The average molecular weight is 231 g/mol. The molecule has 4 nitrogen and oxygen atoms in total. The van der Waals surface area contributed by atoms with Crippen molar-refractivity contribution in [3.05, 3.63) is 47.9 Å². The largest absolute Gasteiger partial charge is 0.280 e. The Kier molecular flexibility index (Phi) is 2.08. The molecular formula is C11H7ClN4. The maximum absolute atomic E-state index is 5.84. The number of nitrogens with zero attached hydrogens (tertiary/aromatic N) is 4. The summed E-state index contributed by atoms with van der Waals surface area (Å²) in [6, 6.07) is 7.50. The Morgan fingerprint density at radius 1 is 1.06 bits per heavy atom. The fourth-order valence-electron chi connectivity index (χ4n) is 1.55. The predicted molar refractivity (Wildman–Crippen MR) is 61.2 cm³/mol. The molecule has 0 aliphatic rings. The second-order valence-electron chi connectivity index (χ2n) is 3.34. The topological polar surface area (TPSA) is 43.1 Å². The smallest absolute Gasteiger partial charge is 0.179 e. The van der Waals surface area contributed by atoms with Gasteiger partial charge in [0.25, 0.3) is 0 Å². The van der Waals surface area contributed by atoms with Crippen molar-refractivity contribution in [2.45, 2.75) is 0 Å². The van der Waals surface area contributed by atoms with Crippen LogP contribution in [-0.2, 0) is 0 Å². The van der Waals surface area contributed by atoms with Crippen molar-refractivity contribution in [3.8, 4) is 11.4 Å². The second kappa shape index (κ2) is 3.57. The Hall–Kier alpha value is -1.94. The normalized spacial score (nSPS) is 10.8. The molecule has 16 heavy (non-hydrogen) atoms. The van der Waals surface area contributed by atoms with Crippen molar-refractivity contribution in [1.82, 2.24) is 19.6 Å². The maximum Gasteiger partial charge on any atom is 0.179 e. The first kappa shape index (κ1) is 9.30. The van der Waals surface area contributed by atoms with E-state index < -0.39 is 0 Å². The van der Waals surface area contributed by atoms with Crippen LogP contribution in [0, 0.1) is 0 Å². The lowest BCUT2D eigenvalue weighted by atomic mass is 10.2. The van der Waals surface area contributed by atoms with Crippen LogP contribution in [0.1, 0.15) is 0 Å². The highest BCUT2D eigenvalue weighted by Crippen LogP contribution is 2.19. The number of fused-ring (bicyclic) bond motifs is 1. The van der Waals surface area contributed by atoms with Crippen LogP contribution in [0.3, 0.4) is 0 Å². The molecule has 0 atom stereocenters. The van der Waals surface area contributed by atoms with E-state index in [1.54, 1.807) is 12.4 Å². The van der Waals surface area contributed by atoms with Crippen LogP contribution < -0.4 is 0 Å². The van der Waals surface area contributed by atoms with Crippen LogP contribution in [0.15, 0.2) is 42.9 Å². The van der Waals surface area contributed by atoms with Gasteiger partial charge in [-0.15, -0.1) is 10.2 Å². The molecule has 0 unspecified atom stereocenters. The molecule has 0 saturated carbocycles. The summed E-state index contributed by atoms with van der Waals surface area (Å²) >= 11 is 5.84. The van der Waals surface area contributed by atoms with Crippen molar-refractivity contribution in [1.29, 1.82) is 0 Å². The summed E-state index contributed by atoms with van der Waals surface area (Å²) in [5.41, 5.74) is 1.70. The van der Waals surface area contributed by atoms with Gasteiger partial charge in [-0.1, -0.05) is 11.6 Å². The molecule has 78 valence electrons. The third-order valence-corrected chi connectivity index (χ3v) is 2.57. The van der Waals surface area contributed by atoms with Crippen molar-refractivity contribution >= 4 is 17.2 Å². The monoisotopic (exact) mass is 230 g/mol. The van der Waals surface area contributed by atoms with Gasteiger partial charge in [-0.05, 0) is 24.3 Å². The summed E-state index contributed by atoms with van der Waals surface area (Å²) in [4.78, 5) is 3.99. The molecule has 0 radical (unpaired) electrons. The van der Waals surface area contributed by atoms with Crippen molar-refractivity contribution in [2.75, 3.05) is 0 Å². The van der Waals surface area contributed by atoms with Crippen LogP contribution in [0.4, 0.5) is 0 Å². The zero-order valence-corrected chi connectivity index (χ0v) is 8.96. The van der Waals surface area contributed by atoms with E-state index in [0.717, 1.165) is 17.0 Å². The minimum Gasteiger partial charge on any atom is -0.280 e. The summed E-state index contributed by atoms with van der Waals surface area (Å²) < 4.78 is 1.89. The van der Waals surface area contributed by atoms with Gasteiger partial charge in [-0.25, -0.2) is 0 Å². The van der Waals surface area contributed by atoms with Crippen molar-refractivity contribution < 1.29 is 0 Å². The number of benzene rings is 1. The molecule has 2 heterocycles. The highest BCUT2D eigenvalue weighted by Gasteiger charge is 2.06. The van der Waals surface area contributed by atoms with E-state index in [9.17, 15) is 0 Å². The van der Waals surface area contributed by atoms with E-state index in [1.807, 2.05) is 34.9 Å². The van der Waals surface area contributed by atoms with Crippen LogP contribution in [0.5, 0.6) is 0 Å². The number of aromatic nitrogens is 4. The summed E-state index contributed by atoms with van der Waals surface area (Å²) in [5.74, 6) is 0.786. The Morgan fingerprint density at radius 3 is 2.69 bits per heavy atom. The second-order valence-corrected chi connectivity index (χ2v) is 3.77.